The van der Waals surface area contributed by atoms with Gasteiger partial charge in [-0.2, -0.15) is 11.8 Å². The van der Waals surface area contributed by atoms with E-state index >= 15 is 0 Å². The standard InChI is InChI=1S/C7H17NOS/c1-3-9-6-7(8)4-5-10-2/h7H,3-6,8H2,1-2H3. The Morgan fingerprint density at radius 3 is 2.80 bits per heavy atom. The number of nitrogens with two attached hydrogens (primary N) is 1. The van der Waals surface area contributed by atoms with Gasteiger partial charge in [0.15, 0.2) is 0 Å². The maximum absolute atomic E-state index is 5.71. The first kappa shape index (κ1) is 10.3. The van der Waals surface area contributed by atoms with E-state index in [0.29, 0.717) is 6.61 Å². The monoisotopic (exact) mass is 163 g/mol. The first-order valence-corrected chi connectivity index (χ1v) is 5.03. The summed E-state index contributed by atoms with van der Waals surface area (Å²) in [5, 5.41) is 0. The lowest BCUT2D eigenvalue weighted by Gasteiger charge is -2.09. The van der Waals surface area contributed by atoms with Gasteiger partial charge in [0, 0.05) is 12.6 Å². The molecule has 1 atom stereocenters. The summed E-state index contributed by atoms with van der Waals surface area (Å²) in [6, 6.07) is 0.229. The van der Waals surface area contributed by atoms with Gasteiger partial charge in [-0.25, -0.2) is 0 Å². The van der Waals surface area contributed by atoms with E-state index in [9.17, 15) is 0 Å². The highest BCUT2D eigenvalue weighted by molar-refractivity contribution is 7.98. The zero-order valence-corrected chi connectivity index (χ0v) is 7.62. The molecular weight excluding hydrogens is 146 g/mol. The van der Waals surface area contributed by atoms with Crippen molar-refractivity contribution in [3.63, 3.8) is 0 Å². The van der Waals surface area contributed by atoms with Crippen LogP contribution in [-0.2, 0) is 4.74 Å². The van der Waals surface area contributed by atoms with Crippen LogP contribution in [0.3, 0.4) is 0 Å². The summed E-state index contributed by atoms with van der Waals surface area (Å²) >= 11 is 1.83. The fourth-order valence-corrected chi connectivity index (χ4v) is 1.16. The Morgan fingerprint density at radius 1 is 1.60 bits per heavy atom. The molecule has 0 aliphatic carbocycles. The van der Waals surface area contributed by atoms with Crippen molar-refractivity contribution in [1.82, 2.24) is 0 Å². The molecule has 2 N–H and O–H groups in total. The lowest BCUT2D eigenvalue weighted by atomic mass is 10.3. The van der Waals surface area contributed by atoms with Crippen LogP contribution in [0.15, 0.2) is 0 Å². The molecule has 0 bridgehead atoms. The minimum absolute atomic E-state index is 0.229. The minimum atomic E-state index is 0.229. The second kappa shape index (κ2) is 7.38. The molecule has 0 aromatic carbocycles. The number of thioether (sulfide) groups is 1. The second-order valence-electron chi connectivity index (χ2n) is 2.20. The second-order valence-corrected chi connectivity index (χ2v) is 3.19. The average Bonchev–Trinajstić information content (AvgIpc) is 1.97. The Bertz CT molecular complexity index is 62.6. The van der Waals surface area contributed by atoms with Crippen molar-refractivity contribution in [2.24, 2.45) is 5.73 Å². The lowest BCUT2D eigenvalue weighted by Crippen LogP contribution is -2.26. The quantitative estimate of drug-likeness (QED) is 0.637. The summed E-state index contributed by atoms with van der Waals surface area (Å²) in [6.45, 7) is 3.46. The van der Waals surface area contributed by atoms with Crippen molar-refractivity contribution in [3.8, 4) is 0 Å². The molecule has 0 spiro atoms. The van der Waals surface area contributed by atoms with Gasteiger partial charge in [-0.1, -0.05) is 0 Å². The van der Waals surface area contributed by atoms with Crippen LogP contribution in [0.4, 0.5) is 0 Å². The average molecular weight is 163 g/mol. The van der Waals surface area contributed by atoms with Gasteiger partial charge >= 0.3 is 0 Å². The Labute approximate surface area is 67.5 Å². The Morgan fingerprint density at radius 2 is 2.30 bits per heavy atom. The maximum Gasteiger partial charge on any atom is 0.0617 e. The first-order chi connectivity index (χ1) is 4.81. The van der Waals surface area contributed by atoms with Gasteiger partial charge in [-0.3, -0.25) is 0 Å². The zero-order valence-electron chi connectivity index (χ0n) is 6.80. The zero-order chi connectivity index (χ0) is 7.82. The molecule has 0 aliphatic rings. The van der Waals surface area contributed by atoms with E-state index in [-0.39, 0.29) is 6.04 Å². The Hall–Kier alpha value is 0.270. The topological polar surface area (TPSA) is 35.2 Å². The van der Waals surface area contributed by atoms with Gasteiger partial charge in [0.2, 0.25) is 0 Å². The summed E-state index contributed by atoms with van der Waals surface area (Å²) in [6.07, 6.45) is 3.15. The molecule has 0 saturated carbocycles. The molecule has 0 heterocycles. The highest BCUT2D eigenvalue weighted by Gasteiger charge is 1.99. The predicted octanol–water partition coefficient (Wildman–Crippen LogP) is 1.10. The lowest BCUT2D eigenvalue weighted by molar-refractivity contribution is 0.132. The summed E-state index contributed by atoms with van der Waals surface area (Å²) in [5.41, 5.74) is 5.71. The van der Waals surface area contributed by atoms with Crippen molar-refractivity contribution < 1.29 is 4.74 Å². The summed E-state index contributed by atoms with van der Waals surface area (Å²) in [4.78, 5) is 0. The molecule has 0 amide bonds. The van der Waals surface area contributed by atoms with Crippen molar-refractivity contribution >= 4 is 11.8 Å². The molecule has 1 unspecified atom stereocenters. The molecule has 3 heteroatoms. The van der Waals surface area contributed by atoms with Crippen LogP contribution in [0.1, 0.15) is 13.3 Å². The third-order valence-electron chi connectivity index (χ3n) is 1.23. The van der Waals surface area contributed by atoms with E-state index in [1.165, 1.54) is 0 Å². The van der Waals surface area contributed by atoms with Crippen molar-refractivity contribution in [2.75, 3.05) is 25.2 Å². The molecule has 0 aromatic heterocycles. The van der Waals surface area contributed by atoms with E-state index in [0.717, 1.165) is 18.8 Å². The summed E-state index contributed by atoms with van der Waals surface area (Å²) in [5.74, 6) is 1.13. The normalized spacial score (nSPS) is 13.5. The molecule has 10 heavy (non-hydrogen) atoms. The fourth-order valence-electron chi connectivity index (χ4n) is 0.622. The molecule has 0 fully saturated rings. The molecule has 0 radical (unpaired) electrons. The molecule has 0 rings (SSSR count). The van der Waals surface area contributed by atoms with E-state index in [1.54, 1.807) is 0 Å². The van der Waals surface area contributed by atoms with Crippen LogP contribution in [0, 0.1) is 0 Å². The van der Waals surface area contributed by atoms with Gasteiger partial charge in [0.1, 0.15) is 0 Å². The van der Waals surface area contributed by atoms with E-state index in [2.05, 4.69) is 6.26 Å². The SMILES string of the molecule is CCOCC(N)CCSC. The van der Waals surface area contributed by atoms with Crippen LogP contribution in [-0.4, -0.2) is 31.3 Å². The fraction of sp³-hybridized carbons (Fsp3) is 1.00. The van der Waals surface area contributed by atoms with Crippen LogP contribution in [0.25, 0.3) is 0 Å². The van der Waals surface area contributed by atoms with Gasteiger partial charge in [0.25, 0.3) is 0 Å². The van der Waals surface area contributed by atoms with Crippen molar-refractivity contribution in [3.05, 3.63) is 0 Å². The van der Waals surface area contributed by atoms with Gasteiger partial charge in [-0.15, -0.1) is 0 Å². The number of hydrogen-bond donors (Lipinski definition) is 1. The summed E-state index contributed by atoms with van der Waals surface area (Å²) < 4.78 is 5.16. The highest BCUT2D eigenvalue weighted by atomic mass is 32.2. The smallest absolute Gasteiger partial charge is 0.0617 e. The van der Waals surface area contributed by atoms with Crippen LogP contribution < -0.4 is 5.73 Å². The van der Waals surface area contributed by atoms with Crippen LogP contribution in [0.5, 0.6) is 0 Å². The van der Waals surface area contributed by atoms with Crippen molar-refractivity contribution in [2.45, 2.75) is 19.4 Å². The number of hydrogen-bond acceptors (Lipinski definition) is 3. The molecular formula is C7H17NOS. The Balaban J connectivity index is 3.00. The number of ether oxygens (including phenoxy) is 1. The van der Waals surface area contributed by atoms with Crippen LogP contribution >= 0.6 is 11.8 Å². The highest BCUT2D eigenvalue weighted by Crippen LogP contribution is 1.98. The Kier molecular flexibility index (Phi) is 7.58. The van der Waals surface area contributed by atoms with Crippen LogP contribution in [0.2, 0.25) is 0 Å². The van der Waals surface area contributed by atoms with Gasteiger partial charge in [-0.05, 0) is 25.4 Å². The van der Waals surface area contributed by atoms with E-state index in [4.69, 9.17) is 10.5 Å². The molecule has 0 saturated heterocycles. The third kappa shape index (κ3) is 6.39. The maximum atomic E-state index is 5.71. The third-order valence-corrected chi connectivity index (χ3v) is 1.87. The minimum Gasteiger partial charge on any atom is -0.380 e. The molecule has 2 nitrogen and oxygen atoms in total. The van der Waals surface area contributed by atoms with E-state index < -0.39 is 0 Å². The van der Waals surface area contributed by atoms with E-state index in [1.807, 2.05) is 18.7 Å². The van der Waals surface area contributed by atoms with Gasteiger partial charge < -0.3 is 10.5 Å². The molecule has 0 aromatic rings. The first-order valence-electron chi connectivity index (χ1n) is 3.63. The predicted molar refractivity (Wildman–Crippen MR) is 47.5 cm³/mol. The molecule has 62 valence electrons. The number of rotatable bonds is 6. The van der Waals surface area contributed by atoms with Crippen molar-refractivity contribution in [1.29, 1.82) is 0 Å². The largest absolute Gasteiger partial charge is 0.380 e. The van der Waals surface area contributed by atoms with Gasteiger partial charge in [0.05, 0.1) is 6.61 Å². The summed E-state index contributed by atoms with van der Waals surface area (Å²) in [7, 11) is 0. The molecule has 0 aliphatic heterocycles.